The van der Waals surface area contributed by atoms with Gasteiger partial charge in [-0.3, -0.25) is 9.59 Å². The third-order valence-electron chi connectivity index (χ3n) is 3.85. The van der Waals surface area contributed by atoms with Crippen LogP contribution in [0.15, 0.2) is 51.2 Å². The molecule has 6 nitrogen and oxygen atoms in total. The molecule has 0 radical (unpaired) electrons. The number of amides is 1. The summed E-state index contributed by atoms with van der Waals surface area (Å²) in [6, 6.07) is 8.02. The van der Waals surface area contributed by atoms with Gasteiger partial charge in [0, 0.05) is 13.1 Å². The minimum atomic E-state index is -0.596. The smallest absolute Gasteiger partial charge is 0.274 e. The van der Waals surface area contributed by atoms with Crippen LogP contribution in [0.4, 0.5) is 4.39 Å². The van der Waals surface area contributed by atoms with E-state index in [1.54, 1.807) is 19.3 Å². The molecule has 2 heterocycles. The van der Waals surface area contributed by atoms with Gasteiger partial charge in [-0.05, 0) is 41.1 Å². The number of hydrogen-bond acceptors (Lipinski definition) is 5. The largest absolute Gasteiger partial charge is 0.331 e. The topological polar surface area (TPSA) is 68.1 Å². The van der Waals surface area contributed by atoms with Crippen LogP contribution in [0.1, 0.15) is 28.5 Å². The number of rotatable bonds is 4. The van der Waals surface area contributed by atoms with Gasteiger partial charge in [0.25, 0.3) is 11.5 Å². The molecule has 0 saturated carbocycles. The zero-order valence-electron chi connectivity index (χ0n) is 13.9. The molecule has 0 N–H and O–H groups in total. The number of carbonyl (C=O) groups excluding carboxylic acids is 1. The third kappa shape index (κ3) is 3.58. The predicted molar refractivity (Wildman–Crippen MR) is 100 cm³/mol. The quantitative estimate of drug-likeness (QED) is 0.628. The highest BCUT2D eigenvalue weighted by atomic mass is 79.9. The van der Waals surface area contributed by atoms with Gasteiger partial charge in [0.2, 0.25) is 0 Å². The van der Waals surface area contributed by atoms with Crippen molar-refractivity contribution in [1.29, 1.82) is 0 Å². The zero-order valence-corrected chi connectivity index (χ0v) is 16.3. The van der Waals surface area contributed by atoms with Gasteiger partial charge in [-0.15, -0.1) is 11.3 Å². The molecule has 1 aromatic carbocycles. The first kappa shape index (κ1) is 18.4. The lowest BCUT2D eigenvalue weighted by atomic mass is 10.2. The van der Waals surface area contributed by atoms with Crippen molar-refractivity contribution < 1.29 is 9.18 Å². The van der Waals surface area contributed by atoms with Crippen LogP contribution in [0.5, 0.6) is 0 Å². The number of aromatic nitrogens is 3. The number of carbonyl (C=O) groups is 1. The van der Waals surface area contributed by atoms with Crippen molar-refractivity contribution in [2.45, 2.75) is 13.0 Å². The Hall–Kier alpha value is -2.39. The van der Waals surface area contributed by atoms with Gasteiger partial charge >= 0.3 is 0 Å². The summed E-state index contributed by atoms with van der Waals surface area (Å²) in [5, 5.41) is 4.81. The average molecular weight is 437 g/mol. The number of halogens is 2. The van der Waals surface area contributed by atoms with Gasteiger partial charge in [0.15, 0.2) is 0 Å². The van der Waals surface area contributed by atoms with E-state index < -0.39 is 17.3 Å². The SMILES string of the molecule is C[C@H](c1ncc(Br)s1)N(C)C(=O)c1ccc(=O)n(-c2ccccc2F)n1. The van der Waals surface area contributed by atoms with Crippen LogP contribution in [0.25, 0.3) is 5.69 Å². The molecule has 9 heteroatoms. The Kier molecular flexibility index (Phi) is 5.28. The van der Waals surface area contributed by atoms with Crippen molar-refractivity contribution in [2.24, 2.45) is 0 Å². The summed E-state index contributed by atoms with van der Waals surface area (Å²) in [4.78, 5) is 30.6. The first-order chi connectivity index (χ1) is 12.4. The minimum Gasteiger partial charge on any atom is -0.331 e. The molecule has 26 heavy (non-hydrogen) atoms. The highest BCUT2D eigenvalue weighted by molar-refractivity contribution is 9.11. The number of hydrogen-bond donors (Lipinski definition) is 0. The van der Waals surface area contributed by atoms with E-state index in [9.17, 15) is 14.0 Å². The highest BCUT2D eigenvalue weighted by Gasteiger charge is 2.23. The molecule has 0 aliphatic carbocycles. The Morgan fingerprint density at radius 1 is 1.31 bits per heavy atom. The molecule has 1 amide bonds. The fourth-order valence-corrected chi connectivity index (χ4v) is 3.64. The van der Waals surface area contributed by atoms with E-state index in [-0.39, 0.29) is 17.4 Å². The lowest BCUT2D eigenvalue weighted by Crippen LogP contribution is -2.32. The Balaban J connectivity index is 1.94. The number of benzene rings is 1. The average Bonchev–Trinajstić information content (AvgIpc) is 3.07. The van der Waals surface area contributed by atoms with Crippen molar-refractivity contribution in [3.05, 3.63) is 73.3 Å². The van der Waals surface area contributed by atoms with Crippen LogP contribution in [-0.4, -0.2) is 32.6 Å². The fourth-order valence-electron chi connectivity index (χ4n) is 2.30. The predicted octanol–water partition coefficient (Wildman–Crippen LogP) is 3.42. The first-order valence-corrected chi connectivity index (χ1v) is 9.23. The summed E-state index contributed by atoms with van der Waals surface area (Å²) in [6.45, 7) is 1.84. The Morgan fingerprint density at radius 2 is 2.04 bits per heavy atom. The lowest BCUT2D eigenvalue weighted by Gasteiger charge is -2.23. The van der Waals surface area contributed by atoms with Gasteiger partial charge in [-0.1, -0.05) is 12.1 Å². The normalized spacial score (nSPS) is 12.0. The van der Waals surface area contributed by atoms with E-state index in [1.165, 1.54) is 46.6 Å². The highest BCUT2D eigenvalue weighted by Crippen LogP contribution is 2.27. The van der Waals surface area contributed by atoms with Crippen LogP contribution in [-0.2, 0) is 0 Å². The molecule has 0 aliphatic heterocycles. The van der Waals surface area contributed by atoms with Crippen LogP contribution >= 0.6 is 27.3 Å². The molecule has 0 unspecified atom stereocenters. The molecule has 3 aromatic rings. The molecule has 3 rings (SSSR count). The van der Waals surface area contributed by atoms with Crippen LogP contribution in [0.2, 0.25) is 0 Å². The summed E-state index contributed by atoms with van der Waals surface area (Å²) < 4.78 is 15.7. The number of para-hydroxylation sites is 1. The molecule has 1 atom stereocenters. The molecule has 134 valence electrons. The minimum absolute atomic E-state index is 0.00768. The fraction of sp³-hybridized carbons (Fsp3) is 0.176. The van der Waals surface area contributed by atoms with E-state index >= 15 is 0 Å². The van der Waals surface area contributed by atoms with Gasteiger partial charge < -0.3 is 4.90 Å². The molecule has 0 bridgehead atoms. The zero-order chi connectivity index (χ0) is 18.8. The lowest BCUT2D eigenvalue weighted by molar-refractivity contribution is 0.0734. The maximum absolute atomic E-state index is 14.0. The van der Waals surface area contributed by atoms with E-state index in [0.29, 0.717) is 0 Å². The molecule has 0 aliphatic rings. The van der Waals surface area contributed by atoms with Gasteiger partial charge in [0.1, 0.15) is 22.2 Å². The van der Waals surface area contributed by atoms with Crippen LogP contribution < -0.4 is 5.56 Å². The number of nitrogens with zero attached hydrogens (tertiary/aromatic N) is 4. The molecular formula is C17H14BrFN4O2S. The van der Waals surface area contributed by atoms with Crippen LogP contribution in [0, 0.1) is 5.82 Å². The Labute approximate surface area is 161 Å². The second-order valence-electron chi connectivity index (χ2n) is 5.51. The van der Waals surface area contributed by atoms with Gasteiger partial charge in [0.05, 0.1) is 16.0 Å². The second kappa shape index (κ2) is 7.46. The number of thiazole rings is 1. The van der Waals surface area contributed by atoms with Crippen LogP contribution in [0.3, 0.4) is 0 Å². The Bertz CT molecular complexity index is 1020. The molecule has 2 aromatic heterocycles. The summed E-state index contributed by atoms with van der Waals surface area (Å²) in [5.41, 5.74) is -0.490. The Morgan fingerprint density at radius 3 is 2.69 bits per heavy atom. The standard InChI is InChI=1S/C17H14BrFN4O2S/c1-10(16-20-9-14(18)26-16)22(2)17(25)12-7-8-15(24)23(21-12)13-6-4-3-5-11(13)19/h3-10H,1-2H3/t10-/m1/s1. The molecule has 0 fully saturated rings. The van der Waals surface area contributed by atoms with Crippen molar-refractivity contribution in [2.75, 3.05) is 7.05 Å². The van der Waals surface area contributed by atoms with Gasteiger partial charge in [-0.2, -0.15) is 9.78 Å². The summed E-state index contributed by atoms with van der Waals surface area (Å²) in [7, 11) is 1.63. The van der Waals surface area contributed by atoms with Crippen molar-refractivity contribution in [3.8, 4) is 5.69 Å². The van der Waals surface area contributed by atoms with E-state index in [4.69, 9.17) is 0 Å². The third-order valence-corrected chi connectivity index (χ3v) is 5.50. The molecular weight excluding hydrogens is 423 g/mol. The summed E-state index contributed by atoms with van der Waals surface area (Å²) >= 11 is 4.78. The van der Waals surface area contributed by atoms with E-state index in [1.807, 2.05) is 6.92 Å². The monoisotopic (exact) mass is 436 g/mol. The van der Waals surface area contributed by atoms with Crippen molar-refractivity contribution in [3.63, 3.8) is 0 Å². The van der Waals surface area contributed by atoms with E-state index in [0.717, 1.165) is 13.5 Å². The molecule has 0 spiro atoms. The maximum Gasteiger partial charge on any atom is 0.274 e. The van der Waals surface area contributed by atoms with E-state index in [2.05, 4.69) is 26.0 Å². The van der Waals surface area contributed by atoms with Crippen molar-refractivity contribution in [1.82, 2.24) is 19.7 Å². The van der Waals surface area contributed by atoms with Gasteiger partial charge in [-0.25, -0.2) is 9.37 Å². The second-order valence-corrected chi connectivity index (χ2v) is 7.96. The summed E-state index contributed by atoms with van der Waals surface area (Å²) in [6.07, 6.45) is 1.67. The maximum atomic E-state index is 14.0. The first-order valence-electron chi connectivity index (χ1n) is 7.62. The summed E-state index contributed by atoms with van der Waals surface area (Å²) in [5.74, 6) is -0.991. The van der Waals surface area contributed by atoms with Crippen molar-refractivity contribution >= 4 is 33.2 Å². The molecule has 0 saturated heterocycles.